The van der Waals surface area contributed by atoms with Crippen molar-refractivity contribution in [3.05, 3.63) is 11.7 Å². The normalized spacial score (nSPS) is 18.9. The van der Waals surface area contributed by atoms with Crippen LogP contribution in [0.15, 0.2) is 4.52 Å². The molecular formula is C13H24N4O2. The van der Waals surface area contributed by atoms with Gasteiger partial charge in [-0.15, -0.1) is 0 Å². The quantitative estimate of drug-likeness (QED) is 0.856. The Morgan fingerprint density at radius 2 is 1.79 bits per heavy atom. The highest BCUT2D eigenvalue weighted by Gasteiger charge is 2.23. The highest BCUT2D eigenvalue weighted by Crippen LogP contribution is 2.20. The monoisotopic (exact) mass is 268 g/mol. The van der Waals surface area contributed by atoms with Crippen molar-refractivity contribution in [2.75, 3.05) is 39.3 Å². The molecule has 0 amide bonds. The summed E-state index contributed by atoms with van der Waals surface area (Å²) in [4.78, 5) is 9.05. The van der Waals surface area contributed by atoms with Crippen molar-refractivity contribution < 1.29 is 9.63 Å². The Balaban J connectivity index is 1.84. The minimum Gasteiger partial charge on any atom is -0.395 e. The molecule has 2 heterocycles. The third-order valence-electron chi connectivity index (χ3n) is 3.36. The van der Waals surface area contributed by atoms with Crippen LogP contribution in [0.5, 0.6) is 0 Å². The Labute approximate surface area is 114 Å². The minimum absolute atomic E-state index is 0.0922. The van der Waals surface area contributed by atoms with Gasteiger partial charge in [0, 0.05) is 38.1 Å². The number of nitrogens with zero attached hydrogens (tertiary/aromatic N) is 4. The molecule has 0 aromatic carbocycles. The van der Waals surface area contributed by atoms with Crippen molar-refractivity contribution in [1.82, 2.24) is 19.9 Å². The fourth-order valence-corrected chi connectivity index (χ4v) is 2.14. The van der Waals surface area contributed by atoms with Gasteiger partial charge in [-0.25, -0.2) is 0 Å². The van der Waals surface area contributed by atoms with Gasteiger partial charge in [0.15, 0.2) is 5.82 Å². The standard InChI is InChI=1S/C13H24N4O2/c1-13(2,3)12-14-11(15-19-12)10-17-6-4-16(5-7-17)8-9-18/h18H,4-10H2,1-3H3. The van der Waals surface area contributed by atoms with Gasteiger partial charge >= 0.3 is 0 Å². The third-order valence-corrected chi connectivity index (χ3v) is 3.36. The van der Waals surface area contributed by atoms with Crippen LogP contribution in [0, 0.1) is 0 Å². The SMILES string of the molecule is CC(C)(C)c1nc(CN2CCN(CCO)CC2)no1. The fourth-order valence-electron chi connectivity index (χ4n) is 2.14. The largest absolute Gasteiger partial charge is 0.395 e. The van der Waals surface area contributed by atoms with Crippen molar-refractivity contribution in [1.29, 1.82) is 0 Å². The van der Waals surface area contributed by atoms with Gasteiger partial charge in [-0.1, -0.05) is 25.9 Å². The zero-order chi connectivity index (χ0) is 13.9. The second-order valence-electron chi connectivity index (χ2n) is 6.11. The lowest BCUT2D eigenvalue weighted by molar-refractivity contribution is 0.106. The molecule has 1 aromatic rings. The summed E-state index contributed by atoms with van der Waals surface area (Å²) in [7, 11) is 0. The van der Waals surface area contributed by atoms with Crippen LogP contribution in [-0.2, 0) is 12.0 Å². The molecule has 1 aliphatic heterocycles. The number of aliphatic hydroxyl groups excluding tert-OH is 1. The Morgan fingerprint density at radius 1 is 1.16 bits per heavy atom. The summed E-state index contributed by atoms with van der Waals surface area (Å²) < 4.78 is 5.30. The van der Waals surface area contributed by atoms with E-state index < -0.39 is 0 Å². The number of aliphatic hydroxyl groups is 1. The summed E-state index contributed by atoms with van der Waals surface area (Å²) in [5.74, 6) is 1.46. The van der Waals surface area contributed by atoms with Gasteiger partial charge in [-0.3, -0.25) is 9.80 Å². The molecule has 19 heavy (non-hydrogen) atoms. The topological polar surface area (TPSA) is 65.6 Å². The predicted molar refractivity (Wildman–Crippen MR) is 71.8 cm³/mol. The molecule has 0 aliphatic carbocycles. The maximum atomic E-state index is 8.91. The number of hydrogen-bond acceptors (Lipinski definition) is 6. The van der Waals surface area contributed by atoms with Crippen LogP contribution >= 0.6 is 0 Å². The van der Waals surface area contributed by atoms with Gasteiger partial charge < -0.3 is 9.63 Å². The Kier molecular flexibility index (Phi) is 4.54. The fraction of sp³-hybridized carbons (Fsp3) is 0.846. The van der Waals surface area contributed by atoms with Crippen molar-refractivity contribution in [2.24, 2.45) is 0 Å². The zero-order valence-electron chi connectivity index (χ0n) is 12.1. The molecule has 0 saturated carbocycles. The Hall–Kier alpha value is -0.980. The summed E-state index contributed by atoms with van der Waals surface area (Å²) >= 11 is 0. The van der Waals surface area contributed by atoms with E-state index in [9.17, 15) is 0 Å². The van der Waals surface area contributed by atoms with Crippen LogP contribution in [0.25, 0.3) is 0 Å². The molecule has 6 nitrogen and oxygen atoms in total. The van der Waals surface area contributed by atoms with Gasteiger partial charge in [0.25, 0.3) is 0 Å². The summed E-state index contributed by atoms with van der Waals surface area (Å²) in [6.07, 6.45) is 0. The molecule has 1 aliphatic rings. The van der Waals surface area contributed by atoms with Crippen LogP contribution < -0.4 is 0 Å². The van der Waals surface area contributed by atoms with Crippen molar-refractivity contribution in [3.63, 3.8) is 0 Å². The first-order chi connectivity index (χ1) is 8.99. The smallest absolute Gasteiger partial charge is 0.232 e. The van der Waals surface area contributed by atoms with Gasteiger partial charge in [-0.2, -0.15) is 4.98 Å². The molecule has 2 rings (SSSR count). The summed E-state index contributed by atoms with van der Waals surface area (Å²) in [5.41, 5.74) is -0.0922. The van der Waals surface area contributed by atoms with Gasteiger partial charge in [0.1, 0.15) is 0 Å². The van der Waals surface area contributed by atoms with E-state index in [-0.39, 0.29) is 12.0 Å². The molecule has 108 valence electrons. The molecule has 0 unspecified atom stereocenters. The number of β-amino-alcohol motifs (C(OH)–C–C–N with tert-alkyl or cyclic N) is 1. The number of piperazine rings is 1. The van der Waals surface area contributed by atoms with E-state index in [1.54, 1.807) is 0 Å². The van der Waals surface area contributed by atoms with E-state index in [4.69, 9.17) is 9.63 Å². The zero-order valence-corrected chi connectivity index (χ0v) is 12.1. The van der Waals surface area contributed by atoms with E-state index >= 15 is 0 Å². The maximum Gasteiger partial charge on any atom is 0.232 e. The average molecular weight is 268 g/mol. The highest BCUT2D eigenvalue weighted by molar-refractivity contribution is 4.98. The first-order valence-corrected chi connectivity index (χ1v) is 6.87. The third kappa shape index (κ3) is 3.99. The lowest BCUT2D eigenvalue weighted by Gasteiger charge is -2.33. The predicted octanol–water partition coefficient (Wildman–Crippen LogP) is 0.477. The summed E-state index contributed by atoms with van der Waals surface area (Å²) in [6.45, 7) is 11.9. The molecule has 0 spiro atoms. The summed E-state index contributed by atoms with van der Waals surface area (Å²) in [6, 6.07) is 0. The first-order valence-electron chi connectivity index (χ1n) is 6.87. The van der Waals surface area contributed by atoms with E-state index in [1.807, 2.05) is 0 Å². The second kappa shape index (κ2) is 5.98. The minimum atomic E-state index is -0.0922. The van der Waals surface area contributed by atoms with Gasteiger partial charge in [0.2, 0.25) is 5.89 Å². The average Bonchev–Trinajstić information content (AvgIpc) is 2.80. The van der Waals surface area contributed by atoms with Crippen molar-refractivity contribution in [2.45, 2.75) is 32.7 Å². The lowest BCUT2D eigenvalue weighted by Crippen LogP contribution is -2.46. The van der Waals surface area contributed by atoms with E-state index in [0.717, 1.165) is 45.1 Å². The van der Waals surface area contributed by atoms with Crippen LogP contribution in [0.4, 0.5) is 0 Å². The molecule has 0 atom stereocenters. The van der Waals surface area contributed by atoms with Crippen LogP contribution in [0.3, 0.4) is 0 Å². The molecular weight excluding hydrogens is 244 g/mol. The highest BCUT2D eigenvalue weighted by atomic mass is 16.5. The Bertz CT molecular complexity index is 392. The number of aromatic nitrogens is 2. The molecule has 1 aromatic heterocycles. The molecule has 6 heteroatoms. The van der Waals surface area contributed by atoms with E-state index in [2.05, 4.69) is 40.7 Å². The summed E-state index contributed by atoms with van der Waals surface area (Å²) in [5, 5.41) is 13.0. The van der Waals surface area contributed by atoms with E-state index in [0.29, 0.717) is 5.89 Å². The van der Waals surface area contributed by atoms with Crippen LogP contribution in [0.1, 0.15) is 32.5 Å². The van der Waals surface area contributed by atoms with E-state index in [1.165, 1.54) is 0 Å². The molecule has 1 saturated heterocycles. The number of hydrogen-bond donors (Lipinski definition) is 1. The second-order valence-corrected chi connectivity index (χ2v) is 6.11. The molecule has 1 N–H and O–H groups in total. The number of rotatable bonds is 4. The van der Waals surface area contributed by atoms with Gasteiger partial charge in [-0.05, 0) is 0 Å². The molecule has 1 fully saturated rings. The lowest BCUT2D eigenvalue weighted by atomic mass is 9.97. The van der Waals surface area contributed by atoms with Crippen LogP contribution in [0.2, 0.25) is 0 Å². The Morgan fingerprint density at radius 3 is 2.32 bits per heavy atom. The van der Waals surface area contributed by atoms with Gasteiger partial charge in [0.05, 0.1) is 13.2 Å². The maximum absolute atomic E-state index is 8.91. The molecule has 0 bridgehead atoms. The first kappa shape index (κ1) is 14.4. The van der Waals surface area contributed by atoms with Crippen LogP contribution in [-0.4, -0.2) is 64.4 Å². The molecule has 0 radical (unpaired) electrons. The van der Waals surface area contributed by atoms with Crippen molar-refractivity contribution >= 4 is 0 Å². The van der Waals surface area contributed by atoms with Crippen molar-refractivity contribution in [3.8, 4) is 0 Å².